The number of rotatable bonds is 8. The number of hydrogen-bond donors (Lipinski definition) is 3. The first-order valence-corrected chi connectivity index (χ1v) is 11.0. The van der Waals surface area contributed by atoms with Crippen LogP contribution in [0.25, 0.3) is 11.1 Å². The van der Waals surface area contributed by atoms with Crippen molar-refractivity contribution in [1.29, 1.82) is 0 Å². The monoisotopic (exact) mass is 463 g/mol. The summed E-state index contributed by atoms with van der Waals surface area (Å²) in [5.41, 5.74) is 4.44. The molecule has 3 N–H and O–H groups in total. The number of aromatic nitrogens is 3. The summed E-state index contributed by atoms with van der Waals surface area (Å²) in [7, 11) is 0. The second-order valence-corrected chi connectivity index (χ2v) is 8.04. The van der Waals surface area contributed by atoms with Crippen LogP contribution < -0.4 is 5.32 Å². The van der Waals surface area contributed by atoms with Gasteiger partial charge in [-0.15, -0.1) is 5.10 Å². The van der Waals surface area contributed by atoms with E-state index >= 15 is 0 Å². The van der Waals surface area contributed by atoms with Crippen LogP contribution in [0, 0.1) is 5.92 Å². The number of aliphatic carboxylic acids is 1. The van der Waals surface area contributed by atoms with Gasteiger partial charge in [0.1, 0.15) is 6.61 Å². The molecule has 1 heterocycles. The van der Waals surface area contributed by atoms with Crippen molar-refractivity contribution in [3.05, 3.63) is 65.5 Å². The number of H-pyrrole nitrogens is 1. The normalized spacial score (nSPS) is 13.0. The van der Waals surface area contributed by atoms with E-state index in [-0.39, 0.29) is 30.8 Å². The third kappa shape index (κ3) is 4.61. The van der Waals surface area contributed by atoms with E-state index in [1.807, 2.05) is 36.4 Å². The van der Waals surface area contributed by atoms with Gasteiger partial charge in [-0.2, -0.15) is 4.98 Å². The maximum absolute atomic E-state index is 12.6. The lowest BCUT2D eigenvalue weighted by Crippen LogP contribution is -2.37. The van der Waals surface area contributed by atoms with E-state index in [4.69, 9.17) is 9.84 Å². The van der Waals surface area contributed by atoms with Gasteiger partial charge in [-0.1, -0.05) is 55.5 Å². The first-order valence-electron chi connectivity index (χ1n) is 11.0. The van der Waals surface area contributed by atoms with Gasteiger partial charge in [0.25, 0.3) is 11.9 Å². The SMILES string of the molecule is CCN(CC(C)C(=O)O)C(=O)c1nc(NC(=O)OCC2c3ccccc3-c3ccccc32)n[nH]1. The van der Waals surface area contributed by atoms with E-state index in [0.717, 1.165) is 22.3 Å². The molecule has 1 aliphatic rings. The number of carboxylic acid groups (broad SMARTS) is 1. The fourth-order valence-electron chi connectivity index (χ4n) is 4.05. The molecule has 2 aromatic carbocycles. The van der Waals surface area contributed by atoms with Crippen LogP contribution in [0.3, 0.4) is 0 Å². The van der Waals surface area contributed by atoms with Gasteiger partial charge in [-0.3, -0.25) is 20.0 Å². The summed E-state index contributed by atoms with van der Waals surface area (Å²) in [6, 6.07) is 16.0. The zero-order valence-corrected chi connectivity index (χ0v) is 18.8. The number of carbonyl (C=O) groups excluding carboxylic acids is 2. The molecule has 0 fully saturated rings. The molecule has 1 unspecified atom stereocenters. The van der Waals surface area contributed by atoms with Crippen molar-refractivity contribution in [2.45, 2.75) is 19.8 Å². The highest BCUT2D eigenvalue weighted by atomic mass is 16.5. The number of fused-ring (bicyclic) bond motifs is 3. The van der Waals surface area contributed by atoms with Crippen LogP contribution in [0.1, 0.15) is 41.5 Å². The van der Waals surface area contributed by atoms with E-state index in [1.165, 1.54) is 11.8 Å². The Morgan fingerprint density at radius 1 is 1.12 bits per heavy atom. The average Bonchev–Trinajstić information content (AvgIpc) is 3.43. The van der Waals surface area contributed by atoms with Gasteiger partial charge >= 0.3 is 12.1 Å². The van der Waals surface area contributed by atoms with Crippen molar-refractivity contribution >= 4 is 23.9 Å². The highest BCUT2D eigenvalue weighted by Crippen LogP contribution is 2.44. The Morgan fingerprint density at radius 3 is 2.32 bits per heavy atom. The maximum atomic E-state index is 12.6. The number of carbonyl (C=O) groups is 3. The summed E-state index contributed by atoms with van der Waals surface area (Å²) >= 11 is 0. The Bertz CT molecular complexity index is 1180. The molecule has 0 bridgehead atoms. The Labute approximate surface area is 196 Å². The largest absolute Gasteiger partial charge is 0.481 e. The first kappa shape index (κ1) is 23.0. The molecule has 4 rings (SSSR count). The number of benzene rings is 2. The molecular weight excluding hydrogens is 438 g/mol. The summed E-state index contributed by atoms with van der Waals surface area (Å²) in [5.74, 6) is -2.54. The summed E-state index contributed by atoms with van der Waals surface area (Å²) in [4.78, 5) is 41.5. The molecule has 0 aliphatic heterocycles. The Morgan fingerprint density at radius 2 is 1.74 bits per heavy atom. The van der Waals surface area contributed by atoms with Crippen molar-refractivity contribution < 1.29 is 24.2 Å². The molecule has 1 aromatic heterocycles. The minimum Gasteiger partial charge on any atom is -0.481 e. The quantitative estimate of drug-likeness (QED) is 0.466. The topological polar surface area (TPSA) is 138 Å². The Kier molecular flexibility index (Phi) is 6.58. The van der Waals surface area contributed by atoms with E-state index in [9.17, 15) is 14.4 Å². The predicted octanol–water partition coefficient (Wildman–Crippen LogP) is 3.35. The van der Waals surface area contributed by atoms with Crippen molar-refractivity contribution in [3.63, 3.8) is 0 Å². The lowest BCUT2D eigenvalue weighted by Gasteiger charge is -2.21. The summed E-state index contributed by atoms with van der Waals surface area (Å²) < 4.78 is 5.46. The Balaban J connectivity index is 1.38. The highest BCUT2D eigenvalue weighted by Gasteiger charge is 2.29. The Hall–Kier alpha value is -4.21. The molecule has 2 amide bonds. The van der Waals surface area contributed by atoms with Crippen molar-refractivity contribution in [3.8, 4) is 11.1 Å². The van der Waals surface area contributed by atoms with Gasteiger partial charge < -0.3 is 14.7 Å². The molecule has 0 radical (unpaired) electrons. The molecule has 0 saturated carbocycles. The zero-order chi connectivity index (χ0) is 24.2. The molecular formula is C24H25N5O5. The number of ether oxygens (including phenoxy) is 1. The smallest absolute Gasteiger partial charge is 0.414 e. The fourth-order valence-corrected chi connectivity index (χ4v) is 4.05. The predicted molar refractivity (Wildman–Crippen MR) is 123 cm³/mol. The molecule has 34 heavy (non-hydrogen) atoms. The number of anilines is 1. The number of nitrogens with one attached hydrogen (secondary N) is 2. The zero-order valence-electron chi connectivity index (χ0n) is 18.8. The van der Waals surface area contributed by atoms with Gasteiger partial charge in [0, 0.05) is 19.0 Å². The standard InChI is InChI=1S/C24H25N5O5/c1-3-29(12-14(2)22(31)32)21(30)20-25-23(28-27-20)26-24(33)34-13-19-17-10-6-4-8-15(17)16-9-5-7-11-18(16)19/h4-11,14,19H,3,12-13H2,1-2H3,(H,31,32)(H2,25,26,27,28,33). The third-order valence-electron chi connectivity index (χ3n) is 5.83. The minimum absolute atomic E-state index is 0.0283. The molecule has 1 atom stereocenters. The summed E-state index contributed by atoms with van der Waals surface area (Å²) in [6.07, 6.45) is -0.744. The lowest BCUT2D eigenvalue weighted by atomic mass is 9.98. The third-order valence-corrected chi connectivity index (χ3v) is 5.83. The van der Waals surface area contributed by atoms with E-state index in [0.29, 0.717) is 6.54 Å². The second kappa shape index (κ2) is 9.74. The molecule has 10 nitrogen and oxygen atoms in total. The van der Waals surface area contributed by atoms with Crippen LogP contribution in [0.5, 0.6) is 0 Å². The molecule has 3 aromatic rings. The van der Waals surface area contributed by atoms with Crippen LogP contribution in [0.2, 0.25) is 0 Å². The van der Waals surface area contributed by atoms with Crippen LogP contribution in [-0.4, -0.2) is 62.9 Å². The van der Waals surface area contributed by atoms with Crippen LogP contribution >= 0.6 is 0 Å². The lowest BCUT2D eigenvalue weighted by molar-refractivity contribution is -0.141. The van der Waals surface area contributed by atoms with Crippen LogP contribution in [-0.2, 0) is 9.53 Å². The second-order valence-electron chi connectivity index (χ2n) is 8.04. The van der Waals surface area contributed by atoms with E-state index < -0.39 is 23.9 Å². The highest BCUT2D eigenvalue weighted by molar-refractivity contribution is 5.91. The van der Waals surface area contributed by atoms with Gasteiger partial charge in [0.15, 0.2) is 0 Å². The van der Waals surface area contributed by atoms with Crippen molar-refractivity contribution in [1.82, 2.24) is 20.1 Å². The molecule has 0 spiro atoms. The van der Waals surface area contributed by atoms with Gasteiger partial charge in [0.2, 0.25) is 5.82 Å². The van der Waals surface area contributed by atoms with Gasteiger partial charge in [0.05, 0.1) is 5.92 Å². The summed E-state index contributed by atoms with van der Waals surface area (Å²) in [5, 5.41) is 17.8. The number of aromatic amines is 1. The molecule has 176 valence electrons. The fraction of sp³-hybridized carbons (Fsp3) is 0.292. The number of hydrogen-bond acceptors (Lipinski definition) is 6. The average molecular weight is 463 g/mol. The van der Waals surface area contributed by atoms with Crippen LogP contribution in [0.15, 0.2) is 48.5 Å². The molecule has 10 heteroatoms. The number of carboxylic acids is 1. The van der Waals surface area contributed by atoms with Crippen LogP contribution in [0.4, 0.5) is 10.7 Å². The van der Waals surface area contributed by atoms with E-state index in [2.05, 4.69) is 32.6 Å². The van der Waals surface area contributed by atoms with Gasteiger partial charge in [-0.25, -0.2) is 4.79 Å². The molecule has 1 aliphatic carbocycles. The number of nitrogens with zero attached hydrogens (tertiary/aromatic N) is 3. The minimum atomic E-state index is -0.999. The summed E-state index contributed by atoms with van der Waals surface area (Å²) in [6.45, 7) is 3.71. The molecule has 0 saturated heterocycles. The van der Waals surface area contributed by atoms with E-state index in [1.54, 1.807) is 6.92 Å². The number of amides is 2. The van der Waals surface area contributed by atoms with Crippen molar-refractivity contribution in [2.75, 3.05) is 25.0 Å². The van der Waals surface area contributed by atoms with Gasteiger partial charge in [-0.05, 0) is 29.2 Å². The maximum Gasteiger partial charge on any atom is 0.414 e. The van der Waals surface area contributed by atoms with Crippen molar-refractivity contribution in [2.24, 2.45) is 5.92 Å². The first-order chi connectivity index (χ1) is 16.4.